The predicted octanol–water partition coefficient (Wildman–Crippen LogP) is 7.69. The van der Waals surface area contributed by atoms with Crippen LogP contribution in [0.15, 0.2) is 76.7 Å². The van der Waals surface area contributed by atoms with Crippen LogP contribution in [0.5, 0.6) is 0 Å². The quantitative estimate of drug-likeness (QED) is 0.337. The van der Waals surface area contributed by atoms with Crippen molar-refractivity contribution >= 4 is 27.8 Å². The van der Waals surface area contributed by atoms with Gasteiger partial charge in [0.1, 0.15) is 29.2 Å². The summed E-state index contributed by atoms with van der Waals surface area (Å²) in [6.07, 6.45) is 1.22. The highest BCUT2D eigenvalue weighted by Gasteiger charge is 2.41. The number of carbonyl (C=O) groups excluding carboxylic acids is 1. The van der Waals surface area contributed by atoms with Gasteiger partial charge in [0.15, 0.2) is 5.78 Å². The Hall–Kier alpha value is -3.73. The molecule has 5 heteroatoms. The number of hydrogen-bond acceptors (Lipinski definition) is 3. The smallest absolute Gasteiger partial charge is 0.162 e. The minimum absolute atomic E-state index is 0.0910. The Morgan fingerprint density at radius 3 is 2.62 bits per heavy atom. The van der Waals surface area contributed by atoms with Gasteiger partial charge in [0.2, 0.25) is 0 Å². The van der Waals surface area contributed by atoms with E-state index in [2.05, 4.69) is 37.4 Å². The maximum atomic E-state index is 14.4. The van der Waals surface area contributed by atoms with Crippen molar-refractivity contribution in [3.05, 3.63) is 95.3 Å². The first-order valence-corrected chi connectivity index (χ1v) is 11.4. The molecule has 0 bridgehead atoms. The molecule has 1 aliphatic heterocycles. The summed E-state index contributed by atoms with van der Waals surface area (Å²) in [5.74, 6) is -0.420. The third-order valence-corrected chi connectivity index (χ3v) is 6.85. The van der Waals surface area contributed by atoms with Gasteiger partial charge in [-0.25, -0.2) is 8.78 Å². The van der Waals surface area contributed by atoms with E-state index in [1.54, 1.807) is 12.1 Å². The first-order chi connectivity index (χ1) is 16.3. The zero-order valence-corrected chi connectivity index (χ0v) is 18.9. The summed E-state index contributed by atoms with van der Waals surface area (Å²) in [5.41, 5.74) is 3.80. The van der Waals surface area contributed by atoms with Gasteiger partial charge in [-0.3, -0.25) is 4.79 Å². The number of rotatable bonds is 2. The number of nitrogens with one attached hydrogen (secondary N) is 1. The van der Waals surface area contributed by atoms with Crippen LogP contribution in [0.25, 0.3) is 27.7 Å². The summed E-state index contributed by atoms with van der Waals surface area (Å²) in [7, 11) is 0. The van der Waals surface area contributed by atoms with Gasteiger partial charge in [0.25, 0.3) is 0 Å². The Bertz CT molecular complexity index is 1510. The lowest BCUT2D eigenvalue weighted by Gasteiger charge is -2.39. The molecule has 34 heavy (non-hydrogen) atoms. The molecule has 0 radical (unpaired) electrons. The summed E-state index contributed by atoms with van der Waals surface area (Å²) in [6, 6.07) is 18.7. The lowest BCUT2D eigenvalue weighted by molar-refractivity contribution is -0.118. The molecule has 2 heterocycles. The second-order valence-corrected chi connectivity index (χ2v) is 9.95. The van der Waals surface area contributed by atoms with Crippen molar-refractivity contribution in [3.8, 4) is 11.3 Å². The van der Waals surface area contributed by atoms with Gasteiger partial charge in [0, 0.05) is 29.3 Å². The Balaban J connectivity index is 1.53. The van der Waals surface area contributed by atoms with Gasteiger partial charge >= 0.3 is 0 Å². The van der Waals surface area contributed by atoms with Gasteiger partial charge in [-0.05, 0) is 58.5 Å². The van der Waals surface area contributed by atoms with E-state index in [-0.39, 0.29) is 16.8 Å². The maximum absolute atomic E-state index is 14.4. The number of anilines is 1. The van der Waals surface area contributed by atoms with Crippen LogP contribution in [-0.4, -0.2) is 5.78 Å². The first kappa shape index (κ1) is 20.8. The van der Waals surface area contributed by atoms with Crippen molar-refractivity contribution in [3.63, 3.8) is 0 Å². The fourth-order valence-corrected chi connectivity index (χ4v) is 5.39. The van der Waals surface area contributed by atoms with Crippen molar-refractivity contribution < 1.29 is 18.0 Å². The molecule has 0 unspecified atom stereocenters. The lowest BCUT2D eigenvalue weighted by Crippen LogP contribution is -2.33. The normalized spacial score (nSPS) is 19.1. The standard InChI is InChI=1S/C29H23F2NO2/c1-29(2)14-20-26-18-6-4-3-5-16(18)7-10-22(26)32-28(27(20)23(33)15-29)25-12-11-24(34-25)19-9-8-17(30)13-21(19)31/h3-13,28,32H,14-15H2,1-2H3/t28-/m1/s1. The maximum Gasteiger partial charge on any atom is 0.162 e. The van der Waals surface area contributed by atoms with Crippen LogP contribution in [0.2, 0.25) is 0 Å². The Labute approximate surface area is 196 Å². The molecule has 0 saturated carbocycles. The molecule has 4 aromatic rings. The van der Waals surface area contributed by atoms with E-state index >= 15 is 0 Å². The van der Waals surface area contributed by atoms with Crippen LogP contribution in [-0.2, 0) is 4.79 Å². The summed E-state index contributed by atoms with van der Waals surface area (Å²) < 4.78 is 33.8. The van der Waals surface area contributed by atoms with E-state index in [1.165, 1.54) is 12.1 Å². The average molecular weight is 456 g/mol. The van der Waals surface area contributed by atoms with E-state index in [0.29, 0.717) is 23.5 Å². The second-order valence-electron chi connectivity index (χ2n) is 9.95. The molecule has 2 aliphatic rings. The lowest BCUT2D eigenvalue weighted by atomic mass is 9.68. The SMILES string of the molecule is CC1(C)CC(=O)C2=C(C1)c1c(ccc3ccccc13)N[C@@H]2c1ccc(-c2ccc(F)cc2F)o1. The minimum atomic E-state index is -0.690. The molecular formula is C29H23F2NO2. The Kier molecular flexibility index (Phi) is 4.53. The highest BCUT2D eigenvalue weighted by Crippen LogP contribution is 2.52. The molecule has 170 valence electrons. The third kappa shape index (κ3) is 3.26. The summed E-state index contributed by atoms with van der Waals surface area (Å²) in [5, 5.41) is 5.75. The summed E-state index contributed by atoms with van der Waals surface area (Å²) in [4.78, 5) is 13.5. The summed E-state index contributed by atoms with van der Waals surface area (Å²) in [6.45, 7) is 4.25. The molecule has 0 fully saturated rings. The van der Waals surface area contributed by atoms with Crippen LogP contribution < -0.4 is 5.32 Å². The van der Waals surface area contributed by atoms with E-state index in [4.69, 9.17) is 4.42 Å². The van der Waals surface area contributed by atoms with Crippen LogP contribution in [0, 0.1) is 17.0 Å². The number of Topliss-reactive ketones (excluding diaryl/α,β-unsaturated/α-hetero) is 1. The molecule has 0 amide bonds. The Morgan fingerprint density at radius 1 is 0.971 bits per heavy atom. The topological polar surface area (TPSA) is 42.2 Å². The molecular weight excluding hydrogens is 432 g/mol. The molecule has 1 atom stereocenters. The molecule has 1 aliphatic carbocycles. The zero-order valence-electron chi connectivity index (χ0n) is 18.9. The number of fused-ring (bicyclic) bond motifs is 4. The summed E-state index contributed by atoms with van der Waals surface area (Å²) >= 11 is 0. The van der Waals surface area contributed by atoms with Crippen molar-refractivity contribution in [2.45, 2.75) is 32.7 Å². The largest absolute Gasteiger partial charge is 0.458 e. The monoisotopic (exact) mass is 455 g/mol. The van der Waals surface area contributed by atoms with Gasteiger partial charge in [-0.2, -0.15) is 0 Å². The van der Waals surface area contributed by atoms with Crippen molar-refractivity contribution in [1.29, 1.82) is 0 Å². The van der Waals surface area contributed by atoms with Crippen molar-refractivity contribution in [2.75, 3.05) is 5.32 Å². The fraction of sp³-hybridized carbons (Fsp3) is 0.207. The Morgan fingerprint density at radius 2 is 1.79 bits per heavy atom. The molecule has 1 aromatic heterocycles. The predicted molar refractivity (Wildman–Crippen MR) is 129 cm³/mol. The molecule has 3 nitrogen and oxygen atoms in total. The van der Waals surface area contributed by atoms with Crippen LogP contribution >= 0.6 is 0 Å². The number of allylic oxidation sites excluding steroid dienone is 1. The third-order valence-electron chi connectivity index (χ3n) is 6.85. The van der Waals surface area contributed by atoms with Gasteiger partial charge in [-0.15, -0.1) is 0 Å². The average Bonchev–Trinajstić information content (AvgIpc) is 3.27. The highest BCUT2D eigenvalue weighted by molar-refractivity contribution is 6.12. The number of carbonyl (C=O) groups is 1. The first-order valence-electron chi connectivity index (χ1n) is 11.4. The van der Waals surface area contributed by atoms with Crippen LogP contribution in [0.4, 0.5) is 14.5 Å². The second kappa shape index (κ2) is 7.39. The molecule has 0 saturated heterocycles. The van der Waals surface area contributed by atoms with Gasteiger partial charge in [0.05, 0.1) is 5.56 Å². The van der Waals surface area contributed by atoms with Crippen molar-refractivity contribution in [1.82, 2.24) is 0 Å². The molecule has 3 aromatic carbocycles. The number of ketones is 1. The van der Waals surface area contributed by atoms with Crippen LogP contribution in [0.3, 0.4) is 0 Å². The highest BCUT2D eigenvalue weighted by atomic mass is 19.1. The van der Waals surface area contributed by atoms with Gasteiger partial charge < -0.3 is 9.73 Å². The molecule has 6 rings (SSSR count). The number of hydrogen-bond donors (Lipinski definition) is 1. The molecule has 1 N–H and O–H groups in total. The fourth-order valence-electron chi connectivity index (χ4n) is 5.39. The number of furan rings is 1. The number of halogens is 2. The number of benzene rings is 3. The minimum Gasteiger partial charge on any atom is -0.458 e. The van der Waals surface area contributed by atoms with Crippen molar-refractivity contribution in [2.24, 2.45) is 5.41 Å². The van der Waals surface area contributed by atoms with Crippen LogP contribution in [0.1, 0.15) is 44.1 Å². The van der Waals surface area contributed by atoms with E-state index in [0.717, 1.165) is 40.1 Å². The zero-order chi connectivity index (χ0) is 23.6. The van der Waals surface area contributed by atoms with Gasteiger partial charge in [-0.1, -0.05) is 44.2 Å². The van der Waals surface area contributed by atoms with E-state index in [9.17, 15) is 13.6 Å². The van der Waals surface area contributed by atoms with E-state index < -0.39 is 17.7 Å². The molecule has 0 spiro atoms. The van der Waals surface area contributed by atoms with E-state index in [1.807, 2.05) is 18.2 Å².